The average molecular weight is 217 g/mol. The highest BCUT2D eigenvalue weighted by Gasteiger charge is 2.16. The Labute approximate surface area is 95.1 Å². The summed E-state index contributed by atoms with van der Waals surface area (Å²) in [5, 5.41) is 11.9. The zero-order valence-corrected chi connectivity index (χ0v) is 9.35. The lowest BCUT2D eigenvalue weighted by molar-refractivity contribution is 0.260. The lowest BCUT2D eigenvalue weighted by Crippen LogP contribution is -2.39. The number of nitrogens with one attached hydrogen (secondary N) is 1. The second-order valence-electron chi connectivity index (χ2n) is 4.14. The summed E-state index contributed by atoms with van der Waals surface area (Å²) in [5.41, 5.74) is 0.353. The molecule has 0 amide bonds. The number of aromatic nitrogens is 2. The van der Waals surface area contributed by atoms with Crippen LogP contribution in [0.25, 0.3) is 0 Å². The van der Waals surface area contributed by atoms with Gasteiger partial charge in [0.2, 0.25) is 0 Å². The summed E-state index contributed by atoms with van der Waals surface area (Å²) in [6, 6.07) is 2.39. The minimum atomic E-state index is 0.353. The Hall–Kier alpha value is -1.67. The summed E-state index contributed by atoms with van der Waals surface area (Å²) >= 11 is 0. The molecule has 5 heteroatoms. The lowest BCUT2D eigenvalue weighted by Gasteiger charge is -2.30. The summed E-state index contributed by atoms with van der Waals surface area (Å²) in [6.07, 6.45) is 5.48. The molecule has 1 fully saturated rings. The number of rotatable bonds is 2. The maximum atomic E-state index is 8.61. The second-order valence-corrected chi connectivity index (χ2v) is 4.14. The van der Waals surface area contributed by atoms with E-state index in [0.29, 0.717) is 11.7 Å². The smallest absolute Gasteiger partial charge is 0.158 e. The first kappa shape index (κ1) is 10.8. The first-order valence-electron chi connectivity index (χ1n) is 5.45. The zero-order valence-electron chi connectivity index (χ0n) is 9.35. The van der Waals surface area contributed by atoms with Gasteiger partial charge in [-0.25, -0.2) is 9.97 Å². The summed E-state index contributed by atoms with van der Waals surface area (Å²) in [6.45, 7) is 2.19. The molecule has 1 aliphatic rings. The Morgan fingerprint density at radius 2 is 2.38 bits per heavy atom. The molecule has 0 saturated carbocycles. The maximum absolute atomic E-state index is 8.61. The molecular weight excluding hydrogens is 202 g/mol. The molecule has 1 aromatic heterocycles. The van der Waals surface area contributed by atoms with Crippen molar-refractivity contribution in [2.45, 2.75) is 18.9 Å². The van der Waals surface area contributed by atoms with Gasteiger partial charge in [0.25, 0.3) is 0 Å². The van der Waals surface area contributed by atoms with Crippen LogP contribution in [0.4, 0.5) is 5.82 Å². The number of hydrogen-bond acceptors (Lipinski definition) is 5. The predicted molar refractivity (Wildman–Crippen MR) is 60.9 cm³/mol. The molecule has 1 atom stereocenters. The quantitative estimate of drug-likeness (QED) is 0.795. The largest absolute Gasteiger partial charge is 0.365 e. The van der Waals surface area contributed by atoms with E-state index in [-0.39, 0.29) is 0 Å². The number of likely N-dealkylation sites (N-methyl/N-ethyl adjacent to an activating group) is 1. The molecule has 1 saturated heterocycles. The first-order chi connectivity index (χ1) is 7.78. The topological polar surface area (TPSA) is 64.8 Å². The van der Waals surface area contributed by atoms with Crippen LogP contribution in [0.15, 0.2) is 12.4 Å². The average Bonchev–Trinajstić information content (AvgIpc) is 2.30. The van der Waals surface area contributed by atoms with E-state index < -0.39 is 0 Å². The summed E-state index contributed by atoms with van der Waals surface area (Å²) in [4.78, 5) is 10.4. The van der Waals surface area contributed by atoms with Crippen molar-refractivity contribution in [1.82, 2.24) is 14.9 Å². The fourth-order valence-electron chi connectivity index (χ4n) is 1.95. The van der Waals surface area contributed by atoms with E-state index in [0.717, 1.165) is 25.3 Å². The highest BCUT2D eigenvalue weighted by Crippen LogP contribution is 2.12. The van der Waals surface area contributed by atoms with Crippen LogP contribution in [-0.4, -0.2) is 41.0 Å². The molecule has 84 valence electrons. The Morgan fingerprint density at radius 3 is 3.00 bits per heavy atom. The molecule has 0 aliphatic carbocycles. The van der Waals surface area contributed by atoms with Gasteiger partial charge in [-0.2, -0.15) is 5.26 Å². The molecule has 0 radical (unpaired) electrons. The van der Waals surface area contributed by atoms with Crippen molar-refractivity contribution in [3.05, 3.63) is 18.1 Å². The Morgan fingerprint density at radius 1 is 1.50 bits per heavy atom. The number of nitrogens with zero attached hydrogens (tertiary/aromatic N) is 4. The minimum absolute atomic E-state index is 0.353. The van der Waals surface area contributed by atoms with E-state index in [9.17, 15) is 0 Å². The Bertz CT molecular complexity index is 380. The number of anilines is 1. The molecule has 1 unspecified atom stereocenters. The van der Waals surface area contributed by atoms with Gasteiger partial charge in [-0.05, 0) is 26.4 Å². The Kier molecular flexibility index (Phi) is 3.32. The standard InChI is InChI=1S/C11H15N5/c1-16-4-2-3-9(8-16)15-11-7-13-10(5-12)6-14-11/h6-7,9H,2-4,8H2,1H3,(H,14,15). The van der Waals surface area contributed by atoms with Crippen LogP contribution in [0.5, 0.6) is 0 Å². The van der Waals surface area contributed by atoms with Gasteiger partial charge in [0.1, 0.15) is 11.9 Å². The normalized spacial score (nSPS) is 21.4. The van der Waals surface area contributed by atoms with Gasteiger partial charge in [0, 0.05) is 12.6 Å². The van der Waals surface area contributed by atoms with Gasteiger partial charge in [0.15, 0.2) is 5.69 Å². The van der Waals surface area contributed by atoms with E-state index >= 15 is 0 Å². The van der Waals surface area contributed by atoms with Crippen LogP contribution in [0.1, 0.15) is 18.5 Å². The summed E-state index contributed by atoms with van der Waals surface area (Å²) < 4.78 is 0. The van der Waals surface area contributed by atoms with E-state index in [2.05, 4.69) is 27.2 Å². The third-order valence-electron chi connectivity index (χ3n) is 2.74. The summed E-state index contributed by atoms with van der Waals surface area (Å²) in [7, 11) is 2.12. The Balaban J connectivity index is 1.95. The number of hydrogen-bond donors (Lipinski definition) is 1. The molecule has 1 aliphatic heterocycles. The molecule has 16 heavy (non-hydrogen) atoms. The van der Waals surface area contributed by atoms with Crippen LogP contribution in [0.3, 0.4) is 0 Å². The van der Waals surface area contributed by atoms with Crippen molar-refractivity contribution >= 4 is 5.82 Å². The molecular formula is C11H15N5. The highest BCUT2D eigenvalue weighted by atomic mass is 15.2. The van der Waals surface area contributed by atoms with E-state index in [4.69, 9.17) is 5.26 Å². The van der Waals surface area contributed by atoms with Crippen molar-refractivity contribution in [2.75, 3.05) is 25.5 Å². The monoisotopic (exact) mass is 217 g/mol. The van der Waals surface area contributed by atoms with Gasteiger partial charge >= 0.3 is 0 Å². The highest BCUT2D eigenvalue weighted by molar-refractivity contribution is 5.34. The SMILES string of the molecule is CN1CCCC(Nc2cnc(C#N)cn2)C1. The van der Waals surface area contributed by atoms with Crippen molar-refractivity contribution in [3.63, 3.8) is 0 Å². The molecule has 0 spiro atoms. The van der Waals surface area contributed by atoms with Gasteiger partial charge in [-0.1, -0.05) is 0 Å². The number of piperidine rings is 1. The van der Waals surface area contributed by atoms with Crippen LogP contribution < -0.4 is 5.32 Å². The maximum Gasteiger partial charge on any atom is 0.158 e. The van der Waals surface area contributed by atoms with Crippen LogP contribution in [0, 0.1) is 11.3 Å². The van der Waals surface area contributed by atoms with Crippen LogP contribution in [0.2, 0.25) is 0 Å². The van der Waals surface area contributed by atoms with E-state index in [1.807, 2.05) is 6.07 Å². The van der Waals surface area contributed by atoms with Crippen LogP contribution in [-0.2, 0) is 0 Å². The molecule has 0 bridgehead atoms. The number of likely N-dealkylation sites (tertiary alicyclic amines) is 1. The van der Waals surface area contributed by atoms with Crippen molar-refractivity contribution in [3.8, 4) is 6.07 Å². The van der Waals surface area contributed by atoms with Crippen molar-refractivity contribution in [1.29, 1.82) is 5.26 Å². The van der Waals surface area contributed by atoms with Gasteiger partial charge in [0.05, 0.1) is 12.4 Å². The zero-order chi connectivity index (χ0) is 11.4. The third kappa shape index (κ3) is 2.67. The molecule has 2 rings (SSSR count). The first-order valence-corrected chi connectivity index (χ1v) is 5.45. The van der Waals surface area contributed by atoms with Gasteiger partial charge in [-0.3, -0.25) is 0 Å². The lowest BCUT2D eigenvalue weighted by atomic mass is 10.1. The fourth-order valence-corrected chi connectivity index (χ4v) is 1.95. The van der Waals surface area contributed by atoms with Crippen molar-refractivity contribution < 1.29 is 0 Å². The predicted octanol–water partition coefficient (Wildman–Crippen LogP) is 0.854. The molecule has 2 heterocycles. The second kappa shape index (κ2) is 4.90. The van der Waals surface area contributed by atoms with E-state index in [1.54, 1.807) is 6.20 Å². The third-order valence-corrected chi connectivity index (χ3v) is 2.74. The molecule has 1 N–H and O–H groups in total. The fraction of sp³-hybridized carbons (Fsp3) is 0.545. The number of nitriles is 1. The molecule has 5 nitrogen and oxygen atoms in total. The van der Waals surface area contributed by atoms with Crippen molar-refractivity contribution in [2.24, 2.45) is 0 Å². The molecule has 1 aromatic rings. The minimum Gasteiger partial charge on any atom is -0.365 e. The summed E-state index contributed by atoms with van der Waals surface area (Å²) in [5.74, 6) is 0.749. The molecule has 0 aromatic carbocycles. The van der Waals surface area contributed by atoms with Crippen LogP contribution >= 0.6 is 0 Å². The van der Waals surface area contributed by atoms with Gasteiger partial charge < -0.3 is 10.2 Å². The van der Waals surface area contributed by atoms with E-state index in [1.165, 1.54) is 12.6 Å². The van der Waals surface area contributed by atoms with Gasteiger partial charge in [-0.15, -0.1) is 0 Å².